The number of nitrogens with one attached hydrogen (secondary N) is 1. The second-order valence-corrected chi connectivity index (χ2v) is 7.31. The van der Waals surface area contributed by atoms with E-state index in [0.717, 1.165) is 25.9 Å². The highest BCUT2D eigenvalue weighted by Crippen LogP contribution is 2.28. The van der Waals surface area contributed by atoms with Gasteiger partial charge in [0.1, 0.15) is 0 Å². The average molecular weight is 264 g/mol. The summed E-state index contributed by atoms with van der Waals surface area (Å²) in [4.78, 5) is 2.68. The SMILES string of the molecule is C#CCC(CC)N1CC(C(C)(C)C)NCC1C(C)C. The number of rotatable bonds is 4. The van der Waals surface area contributed by atoms with E-state index in [4.69, 9.17) is 6.42 Å². The van der Waals surface area contributed by atoms with E-state index in [0.29, 0.717) is 29.5 Å². The van der Waals surface area contributed by atoms with Crippen molar-refractivity contribution in [3.63, 3.8) is 0 Å². The summed E-state index contributed by atoms with van der Waals surface area (Å²) in [6.45, 7) is 16.1. The Labute approximate surface area is 120 Å². The molecule has 0 aliphatic carbocycles. The third-order valence-corrected chi connectivity index (χ3v) is 4.50. The molecule has 3 unspecified atom stereocenters. The number of terminal acetylenes is 1. The van der Waals surface area contributed by atoms with Gasteiger partial charge in [0, 0.05) is 37.6 Å². The van der Waals surface area contributed by atoms with Gasteiger partial charge in [-0.1, -0.05) is 41.5 Å². The smallest absolute Gasteiger partial charge is 0.0247 e. The molecule has 0 aromatic rings. The van der Waals surface area contributed by atoms with E-state index >= 15 is 0 Å². The Morgan fingerprint density at radius 3 is 2.42 bits per heavy atom. The molecule has 1 aliphatic rings. The maximum absolute atomic E-state index is 5.56. The zero-order chi connectivity index (χ0) is 14.6. The lowest BCUT2D eigenvalue weighted by Crippen LogP contribution is -2.63. The zero-order valence-corrected chi connectivity index (χ0v) is 13.7. The summed E-state index contributed by atoms with van der Waals surface area (Å²) < 4.78 is 0. The number of hydrogen-bond donors (Lipinski definition) is 1. The Morgan fingerprint density at radius 1 is 1.37 bits per heavy atom. The lowest BCUT2D eigenvalue weighted by Gasteiger charge is -2.49. The van der Waals surface area contributed by atoms with Crippen LogP contribution in [0.4, 0.5) is 0 Å². The molecule has 1 rings (SSSR count). The highest BCUT2D eigenvalue weighted by molar-refractivity contribution is 4.98. The van der Waals surface area contributed by atoms with E-state index < -0.39 is 0 Å². The van der Waals surface area contributed by atoms with Gasteiger partial charge >= 0.3 is 0 Å². The Morgan fingerprint density at radius 2 is 2.00 bits per heavy atom. The molecule has 2 heteroatoms. The second kappa shape index (κ2) is 6.77. The van der Waals surface area contributed by atoms with E-state index in [-0.39, 0.29) is 0 Å². The van der Waals surface area contributed by atoms with Crippen LogP contribution in [0.2, 0.25) is 0 Å². The maximum Gasteiger partial charge on any atom is 0.0247 e. The first-order chi connectivity index (χ1) is 8.81. The van der Waals surface area contributed by atoms with Crippen LogP contribution in [-0.2, 0) is 0 Å². The van der Waals surface area contributed by atoms with E-state index in [1.807, 2.05) is 0 Å². The molecule has 1 N–H and O–H groups in total. The zero-order valence-electron chi connectivity index (χ0n) is 13.7. The van der Waals surface area contributed by atoms with Crippen molar-refractivity contribution >= 4 is 0 Å². The van der Waals surface area contributed by atoms with Crippen molar-refractivity contribution in [1.29, 1.82) is 0 Å². The summed E-state index contributed by atoms with van der Waals surface area (Å²) in [5.74, 6) is 3.53. The largest absolute Gasteiger partial charge is 0.311 e. The topological polar surface area (TPSA) is 15.3 Å². The minimum atomic E-state index is 0.300. The van der Waals surface area contributed by atoms with Gasteiger partial charge in [0.25, 0.3) is 0 Å². The molecule has 0 radical (unpaired) electrons. The van der Waals surface area contributed by atoms with Crippen molar-refractivity contribution in [1.82, 2.24) is 10.2 Å². The Bertz CT molecular complexity index is 308. The molecule has 0 saturated carbocycles. The average Bonchev–Trinajstić information content (AvgIpc) is 2.34. The van der Waals surface area contributed by atoms with E-state index in [9.17, 15) is 0 Å². The van der Waals surface area contributed by atoms with Gasteiger partial charge in [0.15, 0.2) is 0 Å². The molecule has 0 aromatic heterocycles. The molecular weight excluding hydrogens is 232 g/mol. The number of hydrogen-bond acceptors (Lipinski definition) is 2. The fourth-order valence-corrected chi connectivity index (χ4v) is 3.04. The van der Waals surface area contributed by atoms with Crippen molar-refractivity contribution in [2.24, 2.45) is 11.3 Å². The molecule has 0 amide bonds. The van der Waals surface area contributed by atoms with Crippen LogP contribution in [0.3, 0.4) is 0 Å². The summed E-state index contributed by atoms with van der Waals surface area (Å²) in [5, 5.41) is 3.75. The van der Waals surface area contributed by atoms with Gasteiger partial charge in [0.05, 0.1) is 0 Å². The molecular formula is C17H32N2. The van der Waals surface area contributed by atoms with Crippen molar-refractivity contribution in [2.45, 2.75) is 72.5 Å². The van der Waals surface area contributed by atoms with Gasteiger partial charge < -0.3 is 5.32 Å². The standard InChI is InChI=1S/C17H32N2/c1-8-10-14(9-2)19-12-16(17(5,6)7)18-11-15(19)13(3)4/h1,13-16,18H,9-12H2,2-7H3. The predicted molar refractivity (Wildman–Crippen MR) is 84.1 cm³/mol. The van der Waals surface area contributed by atoms with Crippen molar-refractivity contribution < 1.29 is 0 Å². The maximum atomic E-state index is 5.56. The third kappa shape index (κ3) is 4.23. The molecule has 0 aromatic carbocycles. The van der Waals surface area contributed by atoms with Gasteiger partial charge in [-0.3, -0.25) is 4.90 Å². The van der Waals surface area contributed by atoms with Crippen LogP contribution < -0.4 is 5.32 Å². The van der Waals surface area contributed by atoms with Crippen LogP contribution in [0.15, 0.2) is 0 Å². The number of nitrogens with zero attached hydrogens (tertiary/aromatic N) is 1. The predicted octanol–water partition coefficient (Wildman–Crippen LogP) is 3.13. The van der Waals surface area contributed by atoms with Crippen molar-refractivity contribution in [3.05, 3.63) is 0 Å². The molecule has 19 heavy (non-hydrogen) atoms. The Balaban J connectivity index is 2.87. The fourth-order valence-electron chi connectivity index (χ4n) is 3.04. The molecule has 3 atom stereocenters. The molecule has 1 saturated heterocycles. The molecule has 1 aliphatic heterocycles. The third-order valence-electron chi connectivity index (χ3n) is 4.50. The lowest BCUT2D eigenvalue weighted by molar-refractivity contribution is 0.0290. The summed E-state index contributed by atoms with van der Waals surface area (Å²) in [6.07, 6.45) is 7.58. The van der Waals surface area contributed by atoms with Crippen LogP contribution >= 0.6 is 0 Å². The lowest BCUT2D eigenvalue weighted by atomic mass is 9.83. The summed E-state index contributed by atoms with van der Waals surface area (Å²) in [6, 6.07) is 1.69. The summed E-state index contributed by atoms with van der Waals surface area (Å²) in [5.41, 5.74) is 0.300. The Hall–Kier alpha value is -0.520. The van der Waals surface area contributed by atoms with Gasteiger partial charge in [0.2, 0.25) is 0 Å². The van der Waals surface area contributed by atoms with Gasteiger partial charge in [-0.05, 0) is 17.8 Å². The molecule has 0 spiro atoms. The minimum absolute atomic E-state index is 0.300. The van der Waals surface area contributed by atoms with Crippen LogP contribution in [0, 0.1) is 23.7 Å². The van der Waals surface area contributed by atoms with E-state index in [1.54, 1.807) is 0 Å². The van der Waals surface area contributed by atoms with Crippen molar-refractivity contribution in [2.75, 3.05) is 13.1 Å². The second-order valence-electron chi connectivity index (χ2n) is 7.31. The molecule has 110 valence electrons. The molecule has 2 nitrogen and oxygen atoms in total. The van der Waals surface area contributed by atoms with E-state index in [2.05, 4.69) is 57.7 Å². The normalized spacial score (nSPS) is 27.3. The minimum Gasteiger partial charge on any atom is -0.311 e. The Kier molecular flexibility index (Phi) is 5.89. The van der Waals surface area contributed by atoms with E-state index in [1.165, 1.54) is 0 Å². The van der Waals surface area contributed by atoms with Crippen LogP contribution in [0.5, 0.6) is 0 Å². The highest BCUT2D eigenvalue weighted by atomic mass is 15.3. The number of piperazine rings is 1. The van der Waals surface area contributed by atoms with Gasteiger partial charge in [-0.25, -0.2) is 0 Å². The quantitative estimate of drug-likeness (QED) is 0.785. The van der Waals surface area contributed by atoms with Crippen LogP contribution in [0.25, 0.3) is 0 Å². The fraction of sp³-hybridized carbons (Fsp3) is 0.882. The first kappa shape index (κ1) is 16.5. The molecule has 1 fully saturated rings. The summed E-state index contributed by atoms with van der Waals surface area (Å²) >= 11 is 0. The molecule has 1 heterocycles. The monoisotopic (exact) mass is 264 g/mol. The first-order valence-electron chi connectivity index (χ1n) is 7.73. The van der Waals surface area contributed by atoms with Crippen LogP contribution in [-0.4, -0.2) is 36.1 Å². The molecule has 0 bridgehead atoms. The van der Waals surface area contributed by atoms with Crippen molar-refractivity contribution in [3.8, 4) is 12.3 Å². The van der Waals surface area contributed by atoms with Gasteiger partial charge in [-0.2, -0.15) is 0 Å². The summed E-state index contributed by atoms with van der Waals surface area (Å²) in [7, 11) is 0. The highest BCUT2D eigenvalue weighted by Gasteiger charge is 2.37. The van der Waals surface area contributed by atoms with Crippen LogP contribution in [0.1, 0.15) is 54.4 Å². The van der Waals surface area contributed by atoms with Gasteiger partial charge in [-0.15, -0.1) is 12.3 Å². The first-order valence-corrected chi connectivity index (χ1v) is 7.73.